The molecule has 0 bridgehead atoms. The van der Waals surface area contributed by atoms with Gasteiger partial charge in [-0.3, -0.25) is 9.78 Å². The molecule has 1 saturated carbocycles. The van der Waals surface area contributed by atoms with Gasteiger partial charge in [0.05, 0.1) is 23.7 Å². The van der Waals surface area contributed by atoms with Crippen LogP contribution in [0.1, 0.15) is 69.7 Å². The molecule has 0 radical (unpaired) electrons. The van der Waals surface area contributed by atoms with Crippen molar-refractivity contribution in [3.05, 3.63) is 29.1 Å². The maximum absolute atomic E-state index is 14.1. The molecule has 224 valence electrons. The molecular weight excluding hydrogens is 529 g/mol. The van der Waals surface area contributed by atoms with Crippen molar-refractivity contribution in [2.24, 2.45) is 5.41 Å². The molecular formula is C28H41F3N4O5. The van der Waals surface area contributed by atoms with Crippen LogP contribution in [0.5, 0.6) is 0 Å². The van der Waals surface area contributed by atoms with Crippen molar-refractivity contribution in [3.63, 3.8) is 0 Å². The second-order valence-corrected chi connectivity index (χ2v) is 12.1. The van der Waals surface area contributed by atoms with Crippen molar-refractivity contribution in [2.75, 3.05) is 33.4 Å². The average Bonchev–Trinajstić information content (AvgIpc) is 3.30. The second kappa shape index (κ2) is 12.2. The van der Waals surface area contributed by atoms with Crippen LogP contribution in [0, 0.1) is 5.41 Å². The standard InChI is InChI=1S/C28H41F3N4O5/c1-26(2,3)40-25(37)32-10-9-27(8-5-20(14-27)34-22-7-12-39-17-23(22)38-4)24(36)35-11-6-21-18(16-35)13-19(15-33-21)28(29,30)31/h13,15,20,22-23,34H,5-12,14,16-17H2,1-4H3,(H,32,37)/t20-,22+,23-,27-/m1/s1. The third-order valence-electron chi connectivity index (χ3n) is 8.04. The number of alkyl halides is 3. The van der Waals surface area contributed by atoms with E-state index < -0.39 is 28.8 Å². The fraction of sp³-hybridized carbons (Fsp3) is 0.750. The largest absolute Gasteiger partial charge is 0.444 e. The van der Waals surface area contributed by atoms with Gasteiger partial charge in [0.1, 0.15) is 5.60 Å². The zero-order chi connectivity index (χ0) is 29.1. The lowest BCUT2D eigenvalue weighted by atomic mass is 9.80. The smallest absolute Gasteiger partial charge is 0.417 e. The van der Waals surface area contributed by atoms with E-state index in [1.807, 2.05) is 0 Å². The molecule has 1 aromatic rings. The number of carbonyl (C=O) groups is 2. The molecule has 1 aromatic heterocycles. The first-order chi connectivity index (χ1) is 18.8. The Bertz CT molecular complexity index is 1060. The Morgan fingerprint density at radius 3 is 2.73 bits per heavy atom. The highest BCUT2D eigenvalue weighted by molar-refractivity contribution is 5.83. The second-order valence-electron chi connectivity index (χ2n) is 12.1. The van der Waals surface area contributed by atoms with Crippen LogP contribution in [-0.2, 0) is 38.1 Å². The summed E-state index contributed by atoms with van der Waals surface area (Å²) in [4.78, 5) is 32.1. The first-order valence-electron chi connectivity index (χ1n) is 14.0. The van der Waals surface area contributed by atoms with Gasteiger partial charge in [-0.15, -0.1) is 0 Å². The topological polar surface area (TPSA) is 102 Å². The maximum atomic E-state index is 14.1. The SMILES string of the molecule is CO[C@@H]1COCC[C@@H]1N[C@@H]1CC[C@](CCNC(=O)OC(C)(C)C)(C(=O)N2CCc3ncc(C(F)(F)F)cc3C2)C1. The number of halogens is 3. The number of hydrogen-bond donors (Lipinski definition) is 2. The number of hydrogen-bond acceptors (Lipinski definition) is 7. The number of amides is 2. The summed E-state index contributed by atoms with van der Waals surface area (Å²) in [6, 6.07) is 1.26. The van der Waals surface area contributed by atoms with Crippen LogP contribution in [0.4, 0.5) is 18.0 Å². The fourth-order valence-corrected chi connectivity index (χ4v) is 6.04. The molecule has 2 fully saturated rings. The van der Waals surface area contributed by atoms with E-state index in [0.717, 1.165) is 25.1 Å². The number of nitrogens with zero attached hydrogens (tertiary/aromatic N) is 2. The molecule has 3 aliphatic rings. The van der Waals surface area contributed by atoms with E-state index >= 15 is 0 Å². The van der Waals surface area contributed by atoms with E-state index in [1.165, 1.54) is 0 Å². The number of carbonyl (C=O) groups excluding carboxylic acids is 2. The minimum atomic E-state index is -4.50. The van der Waals surface area contributed by atoms with Gasteiger partial charge in [0.25, 0.3) is 0 Å². The monoisotopic (exact) mass is 570 g/mol. The minimum absolute atomic E-state index is 0.0572. The van der Waals surface area contributed by atoms with Crippen molar-refractivity contribution >= 4 is 12.0 Å². The molecule has 0 unspecified atom stereocenters. The molecule has 1 saturated heterocycles. The van der Waals surface area contributed by atoms with Gasteiger partial charge in [-0.25, -0.2) is 4.79 Å². The number of methoxy groups -OCH3 is 1. The van der Waals surface area contributed by atoms with Crippen molar-refractivity contribution in [2.45, 2.75) is 95.8 Å². The van der Waals surface area contributed by atoms with Crippen molar-refractivity contribution in [3.8, 4) is 0 Å². The lowest BCUT2D eigenvalue weighted by Gasteiger charge is -2.38. The van der Waals surface area contributed by atoms with Gasteiger partial charge >= 0.3 is 12.3 Å². The summed E-state index contributed by atoms with van der Waals surface area (Å²) in [7, 11) is 1.66. The van der Waals surface area contributed by atoms with E-state index in [4.69, 9.17) is 14.2 Å². The lowest BCUT2D eigenvalue weighted by Crippen LogP contribution is -2.51. The number of ether oxygens (including phenoxy) is 3. The Morgan fingerprint density at radius 1 is 1.25 bits per heavy atom. The highest BCUT2D eigenvalue weighted by atomic mass is 19.4. The molecule has 4 atom stereocenters. The highest BCUT2D eigenvalue weighted by Gasteiger charge is 2.48. The molecule has 9 nitrogen and oxygen atoms in total. The lowest BCUT2D eigenvalue weighted by molar-refractivity contribution is -0.143. The molecule has 4 rings (SSSR count). The van der Waals surface area contributed by atoms with E-state index in [2.05, 4.69) is 15.6 Å². The van der Waals surface area contributed by atoms with Gasteiger partial charge in [-0.1, -0.05) is 0 Å². The predicted molar refractivity (Wildman–Crippen MR) is 140 cm³/mol. The van der Waals surface area contributed by atoms with Gasteiger partial charge in [0, 0.05) is 63.7 Å². The molecule has 12 heteroatoms. The molecule has 2 aliphatic heterocycles. The summed E-state index contributed by atoms with van der Waals surface area (Å²) in [5, 5.41) is 6.46. The quantitative estimate of drug-likeness (QED) is 0.514. The molecule has 40 heavy (non-hydrogen) atoms. The highest BCUT2D eigenvalue weighted by Crippen LogP contribution is 2.44. The van der Waals surface area contributed by atoms with E-state index in [9.17, 15) is 22.8 Å². The summed E-state index contributed by atoms with van der Waals surface area (Å²) in [6.07, 6.45) is -0.768. The van der Waals surface area contributed by atoms with Gasteiger partial charge in [-0.05, 0) is 64.5 Å². The van der Waals surface area contributed by atoms with Gasteiger partial charge in [0.2, 0.25) is 5.91 Å². The zero-order valence-corrected chi connectivity index (χ0v) is 23.7. The van der Waals surface area contributed by atoms with Crippen LogP contribution >= 0.6 is 0 Å². The van der Waals surface area contributed by atoms with Gasteiger partial charge in [0.15, 0.2) is 0 Å². The first-order valence-corrected chi connectivity index (χ1v) is 14.0. The summed E-state index contributed by atoms with van der Waals surface area (Å²) < 4.78 is 56.5. The Morgan fingerprint density at radius 2 is 2.02 bits per heavy atom. The van der Waals surface area contributed by atoms with Crippen molar-refractivity contribution in [1.29, 1.82) is 0 Å². The fourth-order valence-electron chi connectivity index (χ4n) is 6.04. The molecule has 1 aliphatic carbocycles. The van der Waals surface area contributed by atoms with Crippen molar-refractivity contribution in [1.82, 2.24) is 20.5 Å². The first kappa shape index (κ1) is 30.5. The van der Waals surface area contributed by atoms with Crippen LogP contribution in [0.15, 0.2) is 12.3 Å². The van der Waals surface area contributed by atoms with E-state index in [-0.39, 0.29) is 37.2 Å². The van der Waals surface area contributed by atoms with Crippen LogP contribution in [0.2, 0.25) is 0 Å². The average molecular weight is 571 g/mol. The van der Waals surface area contributed by atoms with Gasteiger partial charge < -0.3 is 29.7 Å². The summed E-state index contributed by atoms with van der Waals surface area (Å²) >= 11 is 0. The molecule has 0 spiro atoms. The summed E-state index contributed by atoms with van der Waals surface area (Å²) in [5.74, 6) is -0.0962. The van der Waals surface area contributed by atoms with Crippen LogP contribution in [0.25, 0.3) is 0 Å². The Balaban J connectivity index is 1.49. The van der Waals surface area contributed by atoms with Crippen LogP contribution in [-0.4, -0.2) is 79.1 Å². The summed E-state index contributed by atoms with van der Waals surface area (Å²) in [6.45, 7) is 7.19. The molecule has 0 aromatic carbocycles. The number of rotatable bonds is 7. The third-order valence-corrected chi connectivity index (χ3v) is 8.04. The number of alkyl carbamates (subject to hydrolysis) is 1. The van der Waals surface area contributed by atoms with Crippen LogP contribution in [0.3, 0.4) is 0 Å². The number of nitrogens with one attached hydrogen (secondary N) is 2. The zero-order valence-electron chi connectivity index (χ0n) is 23.7. The molecule has 2 amide bonds. The Labute approximate surface area is 233 Å². The van der Waals surface area contributed by atoms with E-state index in [1.54, 1.807) is 32.8 Å². The number of pyridine rings is 1. The predicted octanol–water partition coefficient (Wildman–Crippen LogP) is 3.83. The van der Waals surface area contributed by atoms with E-state index in [0.29, 0.717) is 56.7 Å². The third kappa shape index (κ3) is 7.44. The van der Waals surface area contributed by atoms with Crippen molar-refractivity contribution < 1.29 is 37.0 Å². The summed E-state index contributed by atoms with van der Waals surface area (Å²) in [5.41, 5.74) is -1.21. The normalized spacial score (nSPS) is 27.3. The Kier molecular flexibility index (Phi) is 9.31. The van der Waals surface area contributed by atoms with Crippen LogP contribution < -0.4 is 10.6 Å². The minimum Gasteiger partial charge on any atom is -0.444 e. The molecule has 3 heterocycles. The molecule has 2 N–H and O–H groups in total. The van der Waals surface area contributed by atoms with Gasteiger partial charge in [-0.2, -0.15) is 13.2 Å². The Hall–Kier alpha value is -2.44. The number of fused-ring (bicyclic) bond motifs is 1. The number of aromatic nitrogens is 1. The maximum Gasteiger partial charge on any atom is 0.417 e.